The minimum absolute atomic E-state index is 0.00873. The van der Waals surface area contributed by atoms with Crippen molar-refractivity contribution in [2.45, 2.75) is 32.6 Å². The van der Waals surface area contributed by atoms with Gasteiger partial charge in [0.05, 0.1) is 16.7 Å². The minimum atomic E-state index is -3.67. The van der Waals surface area contributed by atoms with Crippen LogP contribution in [0.25, 0.3) is 0 Å². The zero-order chi connectivity index (χ0) is 16.2. The number of benzene rings is 1. The summed E-state index contributed by atoms with van der Waals surface area (Å²) in [6, 6.07) is 6.10. The lowest BCUT2D eigenvalue weighted by Gasteiger charge is -2.25. The number of halogens is 1. The Balaban J connectivity index is 2.95. The number of nitrogens with one attached hydrogen (secondary N) is 1. The Morgan fingerprint density at radius 1 is 1.24 bits per heavy atom. The molecule has 0 spiro atoms. The molecule has 21 heavy (non-hydrogen) atoms. The molecule has 0 bridgehead atoms. The summed E-state index contributed by atoms with van der Waals surface area (Å²) in [5.41, 5.74) is 0.334. The van der Waals surface area contributed by atoms with E-state index in [2.05, 4.69) is 32.4 Å². The second kappa shape index (κ2) is 7.26. The summed E-state index contributed by atoms with van der Waals surface area (Å²) < 4.78 is 27.3. The first-order valence-corrected chi connectivity index (χ1v) is 8.74. The number of sulfonamides is 1. The molecule has 0 aliphatic heterocycles. The third-order valence-corrected chi connectivity index (χ3v) is 5.48. The van der Waals surface area contributed by atoms with E-state index >= 15 is 0 Å². The van der Waals surface area contributed by atoms with Gasteiger partial charge in [-0.05, 0) is 36.0 Å². The maximum Gasteiger partial charge on any atom is 0.242 e. The first-order valence-electron chi connectivity index (χ1n) is 6.88. The Morgan fingerprint density at radius 2 is 1.81 bits per heavy atom. The highest BCUT2D eigenvalue weighted by Gasteiger charge is 2.23. The van der Waals surface area contributed by atoms with E-state index in [1.165, 1.54) is 18.2 Å². The fourth-order valence-corrected chi connectivity index (χ4v) is 3.93. The quantitative estimate of drug-likeness (QED) is 0.869. The minimum Gasteiger partial charge on any atom is -0.211 e. The third-order valence-electron chi connectivity index (χ3n) is 3.57. The molecule has 1 aromatic carbocycles. The molecular weight excluding hydrogens is 308 g/mol. The third kappa shape index (κ3) is 4.70. The molecule has 0 aliphatic carbocycles. The van der Waals surface area contributed by atoms with Crippen molar-refractivity contribution in [2.24, 2.45) is 17.8 Å². The Bertz CT molecular complexity index is 626. The van der Waals surface area contributed by atoms with Crippen molar-refractivity contribution in [1.29, 1.82) is 5.26 Å². The van der Waals surface area contributed by atoms with E-state index in [0.717, 1.165) is 0 Å². The molecule has 0 atom stereocenters. The van der Waals surface area contributed by atoms with Crippen LogP contribution in [0, 0.1) is 29.1 Å². The van der Waals surface area contributed by atoms with Crippen LogP contribution in [0.15, 0.2) is 23.1 Å². The molecule has 0 radical (unpaired) electrons. The summed E-state index contributed by atoms with van der Waals surface area (Å²) in [5.74, 6) is 1.00. The standard InChI is InChI=1S/C15H21ClN2O2S/c1-10(2)13(11(3)4)9-18-21(19,20)15-6-5-12(8-17)7-14(15)16/h5-7,10-11,13,18H,9H2,1-4H3. The molecule has 1 N–H and O–H groups in total. The summed E-state index contributed by atoms with van der Waals surface area (Å²) in [7, 11) is -3.67. The second-order valence-electron chi connectivity index (χ2n) is 5.76. The van der Waals surface area contributed by atoms with Gasteiger partial charge in [-0.2, -0.15) is 5.26 Å². The molecule has 0 fully saturated rings. The molecule has 4 nitrogen and oxygen atoms in total. The van der Waals surface area contributed by atoms with Crippen molar-refractivity contribution in [2.75, 3.05) is 6.54 Å². The molecule has 0 aromatic heterocycles. The first kappa shape index (κ1) is 18.0. The van der Waals surface area contributed by atoms with Crippen LogP contribution in [-0.4, -0.2) is 15.0 Å². The summed E-state index contributed by atoms with van der Waals surface area (Å²) in [4.78, 5) is 0.00873. The number of nitriles is 1. The Hall–Kier alpha value is -1.09. The van der Waals surface area contributed by atoms with Gasteiger partial charge in [-0.3, -0.25) is 0 Å². The van der Waals surface area contributed by atoms with Crippen LogP contribution >= 0.6 is 11.6 Å². The van der Waals surface area contributed by atoms with Crippen molar-refractivity contribution in [3.8, 4) is 6.07 Å². The van der Waals surface area contributed by atoms with Crippen LogP contribution in [-0.2, 0) is 10.0 Å². The highest BCUT2D eigenvalue weighted by Crippen LogP contribution is 2.24. The van der Waals surface area contributed by atoms with Gasteiger partial charge in [-0.1, -0.05) is 39.3 Å². The molecule has 0 heterocycles. The highest BCUT2D eigenvalue weighted by atomic mass is 35.5. The molecule has 116 valence electrons. The normalized spacial score (nSPS) is 12.1. The predicted octanol–water partition coefficient (Wildman–Crippen LogP) is 3.42. The number of rotatable bonds is 6. The fraction of sp³-hybridized carbons (Fsp3) is 0.533. The average Bonchev–Trinajstić information content (AvgIpc) is 2.37. The SMILES string of the molecule is CC(C)C(CNS(=O)(=O)c1ccc(C#N)cc1Cl)C(C)C. The molecule has 0 amide bonds. The maximum absolute atomic E-state index is 12.3. The Labute approximate surface area is 132 Å². The molecular formula is C15H21ClN2O2S. The topological polar surface area (TPSA) is 70.0 Å². The monoisotopic (exact) mass is 328 g/mol. The highest BCUT2D eigenvalue weighted by molar-refractivity contribution is 7.89. The molecule has 1 rings (SSSR count). The van der Waals surface area contributed by atoms with Gasteiger partial charge in [0, 0.05) is 6.54 Å². The molecule has 6 heteroatoms. The van der Waals surface area contributed by atoms with Crippen molar-refractivity contribution in [3.05, 3.63) is 28.8 Å². The van der Waals surface area contributed by atoms with E-state index in [9.17, 15) is 8.42 Å². The second-order valence-corrected chi connectivity index (χ2v) is 7.90. The van der Waals surface area contributed by atoms with Gasteiger partial charge in [0.15, 0.2) is 0 Å². The van der Waals surface area contributed by atoms with E-state index in [0.29, 0.717) is 23.9 Å². The lowest BCUT2D eigenvalue weighted by molar-refractivity contribution is 0.289. The summed E-state index contributed by atoms with van der Waals surface area (Å²) in [6.45, 7) is 8.68. The van der Waals surface area contributed by atoms with Crippen molar-refractivity contribution in [1.82, 2.24) is 4.72 Å². The summed E-state index contributed by atoms with van der Waals surface area (Å²) >= 11 is 5.96. The molecule has 0 aliphatic rings. The van der Waals surface area contributed by atoms with Crippen LogP contribution in [0.5, 0.6) is 0 Å². The largest absolute Gasteiger partial charge is 0.242 e. The van der Waals surface area contributed by atoms with Gasteiger partial charge in [0.2, 0.25) is 10.0 Å². The molecule has 1 aromatic rings. The Kier molecular flexibility index (Phi) is 6.21. The van der Waals surface area contributed by atoms with Crippen LogP contribution in [0.1, 0.15) is 33.3 Å². The van der Waals surface area contributed by atoms with Gasteiger partial charge >= 0.3 is 0 Å². The zero-order valence-electron chi connectivity index (χ0n) is 12.7. The average molecular weight is 329 g/mol. The van der Waals surface area contributed by atoms with Gasteiger partial charge < -0.3 is 0 Å². The van der Waals surface area contributed by atoms with E-state index < -0.39 is 10.0 Å². The number of nitrogens with zero attached hydrogens (tertiary/aromatic N) is 1. The zero-order valence-corrected chi connectivity index (χ0v) is 14.3. The van der Waals surface area contributed by atoms with Crippen LogP contribution in [0.2, 0.25) is 5.02 Å². The van der Waals surface area contributed by atoms with Crippen LogP contribution < -0.4 is 4.72 Å². The van der Waals surface area contributed by atoms with Crippen LogP contribution in [0.4, 0.5) is 0 Å². The van der Waals surface area contributed by atoms with Crippen molar-refractivity contribution in [3.63, 3.8) is 0 Å². The number of hydrogen-bond donors (Lipinski definition) is 1. The van der Waals surface area contributed by atoms with Gasteiger partial charge in [-0.15, -0.1) is 0 Å². The molecule has 0 unspecified atom stereocenters. The van der Waals surface area contributed by atoms with Gasteiger partial charge in [0.25, 0.3) is 0 Å². The molecule has 0 saturated carbocycles. The lowest BCUT2D eigenvalue weighted by Crippen LogP contribution is -2.34. The molecule has 0 saturated heterocycles. The van der Waals surface area contributed by atoms with Crippen LogP contribution in [0.3, 0.4) is 0 Å². The van der Waals surface area contributed by atoms with Gasteiger partial charge in [0.1, 0.15) is 4.90 Å². The fourth-order valence-electron chi connectivity index (χ4n) is 2.31. The van der Waals surface area contributed by atoms with Gasteiger partial charge in [-0.25, -0.2) is 13.1 Å². The maximum atomic E-state index is 12.3. The number of hydrogen-bond acceptors (Lipinski definition) is 3. The lowest BCUT2D eigenvalue weighted by atomic mass is 9.86. The Morgan fingerprint density at radius 3 is 2.24 bits per heavy atom. The van der Waals surface area contributed by atoms with E-state index in [1.54, 1.807) is 0 Å². The summed E-state index contributed by atoms with van der Waals surface area (Å²) in [5, 5.41) is 8.84. The van der Waals surface area contributed by atoms with Crippen molar-refractivity contribution < 1.29 is 8.42 Å². The smallest absolute Gasteiger partial charge is 0.211 e. The van der Waals surface area contributed by atoms with E-state index in [-0.39, 0.29) is 15.8 Å². The van der Waals surface area contributed by atoms with Crippen molar-refractivity contribution >= 4 is 21.6 Å². The summed E-state index contributed by atoms with van der Waals surface area (Å²) in [6.07, 6.45) is 0. The first-order chi connectivity index (χ1) is 9.69. The predicted molar refractivity (Wildman–Crippen MR) is 84.5 cm³/mol. The van der Waals surface area contributed by atoms with E-state index in [4.69, 9.17) is 16.9 Å². The van der Waals surface area contributed by atoms with E-state index in [1.807, 2.05) is 6.07 Å².